The molecule has 0 fully saturated rings. The smallest absolute Gasteiger partial charge is 0.155 e. The number of allylic oxidation sites excluding steroid dienone is 2. The Hall–Kier alpha value is -0.630. The second-order valence-electron chi connectivity index (χ2n) is 4.78. The molecule has 0 saturated carbocycles. The summed E-state index contributed by atoms with van der Waals surface area (Å²) in [6.07, 6.45) is 4.47. The van der Waals surface area contributed by atoms with E-state index in [4.69, 9.17) is 0 Å². The highest BCUT2D eigenvalue weighted by Crippen LogP contribution is 2.34. The minimum atomic E-state index is 0.165. The van der Waals surface area contributed by atoms with Crippen LogP contribution >= 0.6 is 0 Å². The van der Waals surface area contributed by atoms with E-state index in [1.807, 2.05) is 6.08 Å². The summed E-state index contributed by atoms with van der Waals surface area (Å²) >= 11 is 0. The van der Waals surface area contributed by atoms with Crippen molar-refractivity contribution in [1.82, 2.24) is 4.90 Å². The molecule has 1 aliphatic carbocycles. The van der Waals surface area contributed by atoms with Crippen molar-refractivity contribution in [3.63, 3.8) is 0 Å². The van der Waals surface area contributed by atoms with Crippen LogP contribution in [0.15, 0.2) is 12.2 Å². The van der Waals surface area contributed by atoms with Crippen molar-refractivity contribution in [3.8, 4) is 0 Å². The fourth-order valence-corrected chi connectivity index (χ4v) is 1.76. The summed E-state index contributed by atoms with van der Waals surface area (Å²) in [5.41, 5.74) is 0.165. The van der Waals surface area contributed by atoms with Crippen LogP contribution in [0.2, 0.25) is 0 Å². The summed E-state index contributed by atoms with van der Waals surface area (Å²) in [6.45, 7) is 5.39. The van der Waals surface area contributed by atoms with Crippen molar-refractivity contribution in [2.45, 2.75) is 20.3 Å². The third-order valence-corrected chi connectivity index (χ3v) is 2.78. The highest BCUT2D eigenvalue weighted by molar-refractivity contribution is 5.90. The van der Waals surface area contributed by atoms with Crippen molar-refractivity contribution in [2.24, 2.45) is 11.3 Å². The lowest BCUT2D eigenvalue weighted by Crippen LogP contribution is -2.35. The van der Waals surface area contributed by atoms with Gasteiger partial charge in [0, 0.05) is 13.0 Å². The van der Waals surface area contributed by atoms with E-state index in [1.165, 1.54) is 0 Å². The van der Waals surface area contributed by atoms with Gasteiger partial charge in [-0.25, -0.2) is 0 Å². The van der Waals surface area contributed by atoms with E-state index < -0.39 is 0 Å². The second-order valence-corrected chi connectivity index (χ2v) is 4.78. The van der Waals surface area contributed by atoms with E-state index in [2.05, 4.69) is 32.8 Å². The molecule has 1 unspecified atom stereocenters. The first-order chi connectivity index (χ1) is 5.92. The van der Waals surface area contributed by atoms with Crippen molar-refractivity contribution in [3.05, 3.63) is 12.2 Å². The van der Waals surface area contributed by atoms with E-state index >= 15 is 0 Å². The number of hydrogen-bond donors (Lipinski definition) is 0. The molecule has 0 aromatic heterocycles. The molecule has 1 aliphatic rings. The van der Waals surface area contributed by atoms with Crippen LogP contribution in [0.1, 0.15) is 20.3 Å². The lowest BCUT2D eigenvalue weighted by Gasteiger charge is -2.35. The van der Waals surface area contributed by atoms with Crippen LogP contribution < -0.4 is 0 Å². The topological polar surface area (TPSA) is 20.3 Å². The zero-order valence-electron chi connectivity index (χ0n) is 9.00. The molecule has 2 heteroatoms. The number of carbonyl (C=O) groups is 1. The number of hydrogen-bond acceptors (Lipinski definition) is 2. The predicted octanol–water partition coefficient (Wildman–Crippen LogP) is 1.72. The van der Waals surface area contributed by atoms with E-state index in [0.717, 1.165) is 6.54 Å². The summed E-state index contributed by atoms with van der Waals surface area (Å²) in [5.74, 6) is 0.728. The van der Waals surface area contributed by atoms with Crippen LogP contribution in [0, 0.1) is 11.3 Å². The van der Waals surface area contributed by atoms with Gasteiger partial charge in [0.1, 0.15) is 0 Å². The lowest BCUT2D eigenvalue weighted by molar-refractivity contribution is -0.117. The Morgan fingerprint density at radius 1 is 1.54 bits per heavy atom. The largest absolute Gasteiger partial charge is 0.309 e. The van der Waals surface area contributed by atoms with Gasteiger partial charge in [-0.05, 0) is 31.5 Å². The monoisotopic (exact) mass is 181 g/mol. The highest BCUT2D eigenvalue weighted by Gasteiger charge is 2.31. The van der Waals surface area contributed by atoms with Crippen LogP contribution in [-0.4, -0.2) is 31.3 Å². The molecule has 0 spiro atoms. The molecule has 0 radical (unpaired) electrons. The fraction of sp³-hybridized carbons (Fsp3) is 0.727. The number of ketones is 1. The number of rotatable bonds is 2. The van der Waals surface area contributed by atoms with E-state index in [9.17, 15) is 4.79 Å². The molecule has 1 rings (SSSR count). The van der Waals surface area contributed by atoms with Gasteiger partial charge in [-0.3, -0.25) is 4.79 Å². The van der Waals surface area contributed by atoms with Crippen LogP contribution in [0.25, 0.3) is 0 Å². The van der Waals surface area contributed by atoms with Gasteiger partial charge in [-0.1, -0.05) is 19.9 Å². The molecule has 0 bridgehead atoms. The average molecular weight is 181 g/mol. The van der Waals surface area contributed by atoms with Crippen LogP contribution in [0.3, 0.4) is 0 Å². The molecule has 13 heavy (non-hydrogen) atoms. The summed E-state index contributed by atoms with van der Waals surface area (Å²) < 4.78 is 0. The van der Waals surface area contributed by atoms with E-state index in [0.29, 0.717) is 12.3 Å². The van der Waals surface area contributed by atoms with Gasteiger partial charge in [-0.2, -0.15) is 0 Å². The first kappa shape index (κ1) is 10.5. The molecule has 0 heterocycles. The molecular weight excluding hydrogens is 162 g/mol. The van der Waals surface area contributed by atoms with Gasteiger partial charge in [0.25, 0.3) is 0 Å². The Balaban J connectivity index is 2.72. The zero-order valence-corrected chi connectivity index (χ0v) is 9.00. The highest BCUT2D eigenvalue weighted by atomic mass is 16.1. The Morgan fingerprint density at radius 2 is 2.15 bits per heavy atom. The maximum atomic E-state index is 11.2. The summed E-state index contributed by atoms with van der Waals surface area (Å²) in [5, 5.41) is 0. The fourth-order valence-electron chi connectivity index (χ4n) is 1.76. The normalized spacial score (nSPS) is 26.8. The minimum Gasteiger partial charge on any atom is -0.309 e. The Kier molecular flexibility index (Phi) is 2.91. The van der Waals surface area contributed by atoms with Crippen molar-refractivity contribution in [2.75, 3.05) is 20.6 Å². The van der Waals surface area contributed by atoms with Gasteiger partial charge < -0.3 is 4.90 Å². The molecule has 0 N–H and O–H groups in total. The first-order valence-corrected chi connectivity index (χ1v) is 4.78. The third kappa shape index (κ3) is 2.66. The number of carbonyl (C=O) groups excluding carboxylic acids is 1. The Labute approximate surface area is 80.6 Å². The van der Waals surface area contributed by atoms with Gasteiger partial charge in [-0.15, -0.1) is 0 Å². The van der Waals surface area contributed by atoms with Crippen molar-refractivity contribution >= 4 is 5.78 Å². The van der Waals surface area contributed by atoms with Gasteiger partial charge in [0.15, 0.2) is 5.78 Å². The summed E-state index contributed by atoms with van der Waals surface area (Å²) in [6, 6.07) is 0. The quantitative estimate of drug-likeness (QED) is 0.646. The molecule has 74 valence electrons. The molecular formula is C11H19NO. The maximum absolute atomic E-state index is 11.2. The summed E-state index contributed by atoms with van der Waals surface area (Å²) in [7, 11) is 4.11. The third-order valence-electron chi connectivity index (χ3n) is 2.78. The van der Waals surface area contributed by atoms with Crippen LogP contribution in [-0.2, 0) is 4.79 Å². The predicted molar refractivity (Wildman–Crippen MR) is 54.6 cm³/mol. The number of nitrogens with zero attached hydrogens (tertiary/aromatic N) is 1. The first-order valence-electron chi connectivity index (χ1n) is 4.78. The summed E-state index contributed by atoms with van der Waals surface area (Å²) in [4.78, 5) is 13.4. The molecule has 1 atom stereocenters. The van der Waals surface area contributed by atoms with E-state index in [1.54, 1.807) is 6.08 Å². The van der Waals surface area contributed by atoms with Gasteiger partial charge in [0.05, 0.1) is 0 Å². The molecule has 0 saturated heterocycles. The SMILES string of the molecule is CN(C)CC1CC(=O)C=CC1(C)C. The van der Waals surface area contributed by atoms with Crippen molar-refractivity contribution < 1.29 is 4.79 Å². The lowest BCUT2D eigenvalue weighted by atomic mass is 9.72. The molecule has 0 aliphatic heterocycles. The van der Waals surface area contributed by atoms with E-state index in [-0.39, 0.29) is 11.2 Å². The van der Waals surface area contributed by atoms with Crippen LogP contribution in [0.4, 0.5) is 0 Å². The standard InChI is InChI=1S/C11H19NO/c1-11(2)6-5-10(13)7-9(11)8-12(3)4/h5-6,9H,7-8H2,1-4H3. The minimum absolute atomic E-state index is 0.165. The average Bonchev–Trinajstić information content (AvgIpc) is 1.97. The van der Waals surface area contributed by atoms with Gasteiger partial charge >= 0.3 is 0 Å². The van der Waals surface area contributed by atoms with Crippen molar-refractivity contribution in [1.29, 1.82) is 0 Å². The van der Waals surface area contributed by atoms with Gasteiger partial charge in [0.2, 0.25) is 0 Å². The molecule has 2 nitrogen and oxygen atoms in total. The Bertz CT molecular complexity index is 228. The molecule has 0 amide bonds. The maximum Gasteiger partial charge on any atom is 0.155 e. The second kappa shape index (κ2) is 3.62. The molecule has 0 aromatic carbocycles. The zero-order chi connectivity index (χ0) is 10.1. The van der Waals surface area contributed by atoms with Crippen LogP contribution in [0.5, 0.6) is 0 Å². The Morgan fingerprint density at radius 3 is 2.69 bits per heavy atom. The molecule has 0 aromatic rings.